The van der Waals surface area contributed by atoms with Gasteiger partial charge in [-0.25, -0.2) is 13.2 Å². The van der Waals surface area contributed by atoms with Gasteiger partial charge in [-0.3, -0.25) is 9.69 Å². The average molecular weight is 328 g/mol. The molecule has 1 aromatic carbocycles. The van der Waals surface area contributed by atoms with Crippen LogP contribution in [0, 0.1) is 17.5 Å². The van der Waals surface area contributed by atoms with Gasteiger partial charge in [-0.15, -0.1) is 11.3 Å². The van der Waals surface area contributed by atoms with E-state index in [-0.39, 0.29) is 5.69 Å². The summed E-state index contributed by atoms with van der Waals surface area (Å²) in [4.78, 5) is 15.0. The molecule has 0 fully saturated rings. The van der Waals surface area contributed by atoms with Gasteiger partial charge >= 0.3 is 0 Å². The lowest BCUT2D eigenvalue weighted by Gasteiger charge is -2.23. The first kappa shape index (κ1) is 16.5. The van der Waals surface area contributed by atoms with Crippen LogP contribution in [0.15, 0.2) is 29.6 Å². The van der Waals surface area contributed by atoms with Gasteiger partial charge < -0.3 is 5.32 Å². The molecule has 7 heteroatoms. The molecule has 0 aliphatic carbocycles. The third-order valence-electron chi connectivity index (χ3n) is 3.32. The molecule has 22 heavy (non-hydrogen) atoms. The fourth-order valence-corrected chi connectivity index (χ4v) is 2.61. The third kappa shape index (κ3) is 3.66. The Morgan fingerprint density at radius 2 is 2.00 bits per heavy atom. The van der Waals surface area contributed by atoms with Crippen molar-refractivity contribution >= 4 is 22.9 Å². The van der Waals surface area contributed by atoms with Crippen molar-refractivity contribution in [3.05, 3.63) is 52.0 Å². The van der Waals surface area contributed by atoms with Gasteiger partial charge in [-0.2, -0.15) is 0 Å². The van der Waals surface area contributed by atoms with E-state index in [9.17, 15) is 18.0 Å². The fraction of sp³-hybridized carbons (Fsp3) is 0.267. The number of rotatable bonds is 5. The molecule has 1 atom stereocenters. The van der Waals surface area contributed by atoms with Crippen molar-refractivity contribution in [3.8, 4) is 0 Å². The van der Waals surface area contributed by atoms with Gasteiger partial charge in [0, 0.05) is 11.4 Å². The second-order valence-electron chi connectivity index (χ2n) is 4.88. The lowest BCUT2D eigenvalue weighted by molar-refractivity contribution is -0.120. The Morgan fingerprint density at radius 3 is 2.64 bits per heavy atom. The summed E-state index contributed by atoms with van der Waals surface area (Å²) in [6.45, 7) is 2.22. The Morgan fingerprint density at radius 1 is 1.27 bits per heavy atom. The normalized spacial score (nSPS) is 12.5. The highest BCUT2D eigenvalue weighted by atomic mass is 32.1. The highest BCUT2D eigenvalue weighted by Gasteiger charge is 2.21. The lowest BCUT2D eigenvalue weighted by Crippen LogP contribution is -2.39. The maximum Gasteiger partial charge on any atom is 0.241 e. The molecule has 1 amide bonds. The number of carbonyl (C=O) groups excluding carboxylic acids is 1. The number of hydrogen-bond donors (Lipinski definition) is 1. The molecular weight excluding hydrogens is 313 g/mol. The molecule has 0 spiro atoms. The number of anilines is 1. The monoisotopic (exact) mass is 328 g/mol. The minimum absolute atomic E-state index is 0.375. The highest BCUT2D eigenvalue weighted by molar-refractivity contribution is 7.09. The minimum Gasteiger partial charge on any atom is -0.322 e. The molecule has 0 bridgehead atoms. The minimum atomic E-state index is -1.60. The van der Waals surface area contributed by atoms with Crippen LogP contribution in [0.5, 0.6) is 0 Å². The zero-order valence-corrected chi connectivity index (χ0v) is 12.9. The van der Waals surface area contributed by atoms with E-state index in [1.807, 2.05) is 17.5 Å². The molecule has 1 N–H and O–H groups in total. The van der Waals surface area contributed by atoms with Crippen LogP contribution in [-0.2, 0) is 11.3 Å². The van der Waals surface area contributed by atoms with Crippen LogP contribution in [0.1, 0.15) is 11.8 Å². The first-order chi connectivity index (χ1) is 10.4. The van der Waals surface area contributed by atoms with Gasteiger partial charge in [0.25, 0.3) is 0 Å². The molecule has 1 heterocycles. The van der Waals surface area contributed by atoms with Crippen LogP contribution in [0.25, 0.3) is 0 Å². The van der Waals surface area contributed by atoms with Crippen molar-refractivity contribution in [1.82, 2.24) is 4.90 Å². The number of nitrogens with zero attached hydrogens (tertiary/aromatic N) is 1. The van der Waals surface area contributed by atoms with Crippen molar-refractivity contribution in [2.24, 2.45) is 0 Å². The fourth-order valence-electron chi connectivity index (χ4n) is 1.85. The predicted molar refractivity (Wildman–Crippen MR) is 80.2 cm³/mol. The summed E-state index contributed by atoms with van der Waals surface area (Å²) in [5, 5.41) is 4.21. The van der Waals surface area contributed by atoms with E-state index in [1.165, 1.54) is 0 Å². The number of benzene rings is 1. The van der Waals surface area contributed by atoms with E-state index in [0.29, 0.717) is 6.54 Å². The Bertz CT molecular complexity index is 661. The van der Waals surface area contributed by atoms with E-state index in [0.717, 1.165) is 17.0 Å². The highest BCUT2D eigenvalue weighted by Crippen LogP contribution is 2.20. The van der Waals surface area contributed by atoms with E-state index in [4.69, 9.17) is 0 Å². The molecule has 2 rings (SSSR count). The van der Waals surface area contributed by atoms with Gasteiger partial charge in [0.2, 0.25) is 5.91 Å². The molecule has 0 aliphatic heterocycles. The van der Waals surface area contributed by atoms with Crippen LogP contribution in [-0.4, -0.2) is 23.9 Å². The Labute approximate surface area is 130 Å². The molecule has 0 unspecified atom stereocenters. The molecular formula is C15H15F3N2OS. The van der Waals surface area contributed by atoms with Crippen LogP contribution in [0.3, 0.4) is 0 Å². The van der Waals surface area contributed by atoms with E-state index < -0.39 is 29.4 Å². The second-order valence-corrected chi connectivity index (χ2v) is 5.91. The van der Waals surface area contributed by atoms with Gasteiger partial charge in [-0.05, 0) is 37.6 Å². The van der Waals surface area contributed by atoms with Crippen LogP contribution in [0.4, 0.5) is 18.9 Å². The van der Waals surface area contributed by atoms with Gasteiger partial charge in [0.15, 0.2) is 17.5 Å². The maximum atomic E-state index is 13.6. The van der Waals surface area contributed by atoms with Gasteiger partial charge in [0.1, 0.15) is 0 Å². The lowest BCUT2D eigenvalue weighted by atomic mass is 10.2. The van der Waals surface area contributed by atoms with Crippen molar-refractivity contribution < 1.29 is 18.0 Å². The molecule has 0 radical (unpaired) electrons. The third-order valence-corrected chi connectivity index (χ3v) is 4.18. The van der Waals surface area contributed by atoms with Crippen LogP contribution < -0.4 is 5.32 Å². The van der Waals surface area contributed by atoms with Crippen molar-refractivity contribution in [3.63, 3.8) is 0 Å². The number of nitrogens with one attached hydrogen (secondary N) is 1. The summed E-state index contributed by atoms with van der Waals surface area (Å²) < 4.78 is 39.6. The molecule has 0 saturated carbocycles. The Balaban J connectivity index is 2.03. The smallest absolute Gasteiger partial charge is 0.241 e. The van der Waals surface area contributed by atoms with Crippen LogP contribution >= 0.6 is 11.3 Å². The summed E-state index contributed by atoms with van der Waals surface area (Å²) in [7, 11) is 1.76. The number of amides is 1. The first-order valence-electron chi connectivity index (χ1n) is 6.57. The van der Waals surface area contributed by atoms with Crippen LogP contribution in [0.2, 0.25) is 0 Å². The molecule has 0 aliphatic rings. The zero-order chi connectivity index (χ0) is 16.3. The predicted octanol–water partition coefficient (Wildman–Crippen LogP) is 3.62. The summed E-state index contributed by atoms with van der Waals surface area (Å²) in [5.74, 6) is -4.79. The Kier molecular flexibility index (Phi) is 5.20. The topological polar surface area (TPSA) is 32.3 Å². The van der Waals surface area contributed by atoms with Gasteiger partial charge in [0.05, 0.1) is 11.7 Å². The Hall–Kier alpha value is -1.86. The molecule has 0 saturated heterocycles. The average Bonchev–Trinajstić information content (AvgIpc) is 2.99. The number of halogens is 3. The largest absolute Gasteiger partial charge is 0.322 e. The quantitative estimate of drug-likeness (QED) is 0.850. The summed E-state index contributed by atoms with van der Waals surface area (Å²) >= 11 is 1.57. The maximum absolute atomic E-state index is 13.6. The van der Waals surface area contributed by atoms with E-state index >= 15 is 0 Å². The zero-order valence-electron chi connectivity index (χ0n) is 12.1. The molecule has 1 aromatic heterocycles. The molecule has 2 aromatic rings. The van der Waals surface area contributed by atoms with Crippen molar-refractivity contribution in [2.45, 2.75) is 19.5 Å². The van der Waals surface area contributed by atoms with Gasteiger partial charge in [-0.1, -0.05) is 6.07 Å². The van der Waals surface area contributed by atoms with E-state index in [1.54, 1.807) is 30.2 Å². The second kappa shape index (κ2) is 6.93. The molecule has 3 nitrogen and oxygen atoms in total. The summed E-state index contributed by atoms with van der Waals surface area (Å²) in [6, 6.07) is 5.07. The van der Waals surface area contributed by atoms with E-state index in [2.05, 4.69) is 5.32 Å². The summed E-state index contributed by atoms with van der Waals surface area (Å²) in [5.41, 5.74) is -0.375. The number of thiophene rings is 1. The number of carbonyl (C=O) groups is 1. The number of hydrogen-bond acceptors (Lipinski definition) is 3. The van der Waals surface area contributed by atoms with Crippen molar-refractivity contribution in [2.75, 3.05) is 12.4 Å². The SMILES string of the molecule is C[C@@H](C(=O)Nc1ccc(F)c(F)c1F)N(C)Cc1cccs1. The number of likely N-dealkylation sites (N-methyl/N-ethyl adjacent to an activating group) is 1. The standard InChI is InChI=1S/C15H15F3N2OS/c1-9(20(2)8-10-4-3-7-22-10)15(21)19-12-6-5-11(16)13(17)14(12)18/h3-7,9H,8H2,1-2H3,(H,19,21)/t9-/m0/s1. The summed E-state index contributed by atoms with van der Waals surface area (Å²) in [6.07, 6.45) is 0. The first-order valence-corrected chi connectivity index (χ1v) is 7.45. The molecule has 118 valence electrons. The van der Waals surface area contributed by atoms with Crippen molar-refractivity contribution in [1.29, 1.82) is 0 Å².